The van der Waals surface area contributed by atoms with Crippen molar-refractivity contribution >= 4 is 35.1 Å². The molecule has 0 saturated heterocycles. The number of halogens is 1. The highest BCUT2D eigenvalue weighted by atomic mass is 35.5. The Balaban J connectivity index is 2.50. The van der Waals surface area contributed by atoms with Crippen LogP contribution < -0.4 is 16.8 Å². The fourth-order valence-corrected chi connectivity index (χ4v) is 1.97. The van der Waals surface area contributed by atoms with Crippen molar-refractivity contribution in [1.82, 2.24) is 0 Å². The van der Waals surface area contributed by atoms with Crippen molar-refractivity contribution in [2.75, 3.05) is 5.32 Å². The van der Waals surface area contributed by atoms with Crippen LogP contribution in [0.4, 0.5) is 5.69 Å². The topological polar surface area (TPSA) is 124 Å². The number of furan rings is 1. The molecule has 0 aliphatic rings. The largest absolute Gasteiger partial charge is 0.449 e. The molecule has 1 aromatic carbocycles. The van der Waals surface area contributed by atoms with Crippen LogP contribution in [0.5, 0.6) is 0 Å². The Kier molecular flexibility index (Phi) is 4.47. The average Bonchev–Trinajstić information content (AvgIpc) is 2.81. The number of guanidine groups is 1. The Morgan fingerprint density at radius 3 is 2.59 bits per heavy atom. The zero-order valence-electron chi connectivity index (χ0n) is 11.6. The van der Waals surface area contributed by atoms with Gasteiger partial charge in [-0.3, -0.25) is 9.59 Å². The van der Waals surface area contributed by atoms with Crippen LogP contribution in [0, 0.1) is 0 Å². The predicted octanol–water partition coefficient (Wildman–Crippen LogP) is 1.97. The zero-order valence-corrected chi connectivity index (χ0v) is 12.3. The molecule has 0 radical (unpaired) electrons. The van der Waals surface area contributed by atoms with Crippen molar-refractivity contribution in [3.05, 3.63) is 41.1 Å². The molecule has 0 aliphatic carbocycles. The monoisotopic (exact) mass is 320 g/mol. The van der Waals surface area contributed by atoms with Gasteiger partial charge in [0.2, 0.25) is 11.7 Å². The number of nitrogens with one attached hydrogen (secondary N) is 1. The number of amides is 2. The zero-order chi connectivity index (χ0) is 16.3. The molecule has 0 saturated carbocycles. The van der Waals surface area contributed by atoms with Crippen molar-refractivity contribution in [1.29, 1.82) is 0 Å². The van der Waals surface area contributed by atoms with Crippen LogP contribution in [-0.2, 0) is 4.79 Å². The van der Waals surface area contributed by atoms with E-state index in [1.807, 2.05) is 0 Å². The molecule has 5 N–H and O–H groups in total. The highest BCUT2D eigenvalue weighted by molar-refractivity contribution is 6.30. The third-order valence-electron chi connectivity index (χ3n) is 2.58. The van der Waals surface area contributed by atoms with Gasteiger partial charge in [0.25, 0.3) is 0 Å². The van der Waals surface area contributed by atoms with E-state index in [4.69, 9.17) is 27.5 Å². The smallest absolute Gasteiger partial charge is 0.318 e. The lowest BCUT2D eigenvalue weighted by Crippen LogP contribution is -2.24. The number of carbonyl (C=O) groups excluding carboxylic acids is 2. The third-order valence-corrected chi connectivity index (χ3v) is 2.81. The molecular weight excluding hydrogens is 308 g/mol. The van der Waals surface area contributed by atoms with E-state index in [2.05, 4.69) is 10.3 Å². The minimum Gasteiger partial charge on any atom is -0.449 e. The number of aliphatic imine (C=N–C) groups is 1. The minimum atomic E-state index is -0.794. The Hall–Kier alpha value is -2.80. The molecule has 0 spiro atoms. The summed E-state index contributed by atoms with van der Waals surface area (Å²) in [4.78, 5) is 26.6. The first-order valence-corrected chi connectivity index (χ1v) is 6.56. The fourth-order valence-electron chi connectivity index (χ4n) is 1.78. The van der Waals surface area contributed by atoms with Gasteiger partial charge in [-0.1, -0.05) is 23.7 Å². The van der Waals surface area contributed by atoms with E-state index in [0.717, 1.165) is 0 Å². The highest BCUT2D eigenvalue weighted by Crippen LogP contribution is 2.31. The first-order chi connectivity index (χ1) is 10.4. The van der Waals surface area contributed by atoms with Crippen LogP contribution in [0.2, 0.25) is 5.02 Å². The third kappa shape index (κ3) is 3.64. The van der Waals surface area contributed by atoms with E-state index in [1.54, 1.807) is 24.3 Å². The number of nitrogens with zero attached hydrogens (tertiary/aromatic N) is 1. The van der Waals surface area contributed by atoms with Gasteiger partial charge >= 0.3 is 5.91 Å². The molecule has 2 aromatic rings. The molecule has 0 unspecified atom stereocenters. The quantitative estimate of drug-likeness (QED) is 0.589. The van der Waals surface area contributed by atoms with Gasteiger partial charge in [0.1, 0.15) is 5.76 Å². The molecule has 114 valence electrons. The van der Waals surface area contributed by atoms with Gasteiger partial charge in [0, 0.05) is 23.6 Å². The van der Waals surface area contributed by atoms with Crippen LogP contribution in [0.1, 0.15) is 17.5 Å². The van der Waals surface area contributed by atoms with Gasteiger partial charge in [-0.2, -0.15) is 4.99 Å². The normalized spacial score (nSPS) is 10.1. The van der Waals surface area contributed by atoms with Crippen LogP contribution >= 0.6 is 11.6 Å². The second-order valence-corrected chi connectivity index (χ2v) is 4.82. The number of hydrogen-bond donors (Lipinski definition) is 3. The van der Waals surface area contributed by atoms with Crippen molar-refractivity contribution in [3.63, 3.8) is 0 Å². The Morgan fingerprint density at radius 2 is 2.00 bits per heavy atom. The van der Waals surface area contributed by atoms with Gasteiger partial charge in [0.05, 0.1) is 5.69 Å². The summed E-state index contributed by atoms with van der Waals surface area (Å²) >= 11 is 5.92. The molecule has 7 nitrogen and oxygen atoms in total. The van der Waals surface area contributed by atoms with Crippen LogP contribution in [0.3, 0.4) is 0 Å². The summed E-state index contributed by atoms with van der Waals surface area (Å²) in [5.74, 6) is -1.38. The Bertz CT molecular complexity index is 763. The van der Waals surface area contributed by atoms with Crippen LogP contribution in [0.15, 0.2) is 39.7 Å². The van der Waals surface area contributed by atoms with Gasteiger partial charge in [0.15, 0.2) is 5.96 Å². The van der Waals surface area contributed by atoms with Gasteiger partial charge < -0.3 is 21.2 Å². The second-order valence-electron chi connectivity index (χ2n) is 4.39. The summed E-state index contributed by atoms with van der Waals surface area (Å²) < 4.78 is 5.48. The summed E-state index contributed by atoms with van der Waals surface area (Å²) in [6.07, 6.45) is 0. The average molecular weight is 321 g/mol. The molecule has 8 heteroatoms. The van der Waals surface area contributed by atoms with Crippen molar-refractivity contribution in [2.45, 2.75) is 6.92 Å². The Morgan fingerprint density at radius 1 is 1.27 bits per heavy atom. The molecular formula is C14H13ClN4O3. The van der Waals surface area contributed by atoms with E-state index >= 15 is 0 Å². The summed E-state index contributed by atoms with van der Waals surface area (Å²) in [6.45, 7) is 1.31. The second kappa shape index (κ2) is 6.31. The van der Waals surface area contributed by atoms with Gasteiger partial charge in [-0.05, 0) is 12.1 Å². The summed E-state index contributed by atoms with van der Waals surface area (Å²) in [6, 6.07) is 8.34. The number of rotatable bonds is 3. The lowest BCUT2D eigenvalue weighted by Gasteiger charge is -1.99. The molecule has 1 aromatic heterocycles. The molecule has 0 bridgehead atoms. The number of benzene rings is 1. The van der Waals surface area contributed by atoms with Crippen molar-refractivity contribution < 1.29 is 14.0 Å². The van der Waals surface area contributed by atoms with E-state index in [1.165, 1.54) is 13.0 Å². The van der Waals surface area contributed by atoms with Crippen molar-refractivity contribution in [2.24, 2.45) is 16.5 Å². The minimum absolute atomic E-state index is 0.168. The number of nitrogens with two attached hydrogens (primary N) is 2. The van der Waals surface area contributed by atoms with Crippen LogP contribution in [0.25, 0.3) is 11.3 Å². The molecule has 0 atom stereocenters. The van der Waals surface area contributed by atoms with E-state index < -0.39 is 11.9 Å². The number of carbonyl (C=O) groups is 2. The van der Waals surface area contributed by atoms with Crippen molar-refractivity contribution in [3.8, 4) is 11.3 Å². The molecule has 2 amide bonds. The predicted molar refractivity (Wildman–Crippen MR) is 83.6 cm³/mol. The number of anilines is 1. The molecule has 1 heterocycles. The number of hydrogen-bond acceptors (Lipinski definition) is 3. The van der Waals surface area contributed by atoms with E-state index in [9.17, 15) is 9.59 Å². The maximum absolute atomic E-state index is 12.0. The lowest BCUT2D eigenvalue weighted by atomic mass is 10.2. The highest BCUT2D eigenvalue weighted by Gasteiger charge is 2.20. The SMILES string of the molecule is CC(=O)Nc1cc(-c2cccc(Cl)c2)oc1C(=O)N=C(N)N. The molecule has 0 aliphatic heterocycles. The lowest BCUT2D eigenvalue weighted by molar-refractivity contribution is -0.114. The summed E-state index contributed by atoms with van der Waals surface area (Å²) in [5.41, 5.74) is 11.2. The first-order valence-electron chi connectivity index (χ1n) is 6.18. The van der Waals surface area contributed by atoms with E-state index in [-0.39, 0.29) is 17.4 Å². The standard InChI is InChI=1S/C14H13ClN4O3/c1-7(20)18-10-6-11(8-3-2-4-9(15)5-8)22-12(10)13(21)19-14(16)17/h2-6H,1H3,(H,18,20)(H4,16,17,19,21). The van der Waals surface area contributed by atoms with Gasteiger partial charge in [-0.25, -0.2) is 0 Å². The first kappa shape index (κ1) is 15.6. The summed E-state index contributed by atoms with van der Waals surface area (Å²) in [7, 11) is 0. The fraction of sp³-hybridized carbons (Fsp3) is 0.0714. The van der Waals surface area contributed by atoms with Gasteiger partial charge in [-0.15, -0.1) is 0 Å². The molecule has 22 heavy (non-hydrogen) atoms. The summed E-state index contributed by atoms with van der Waals surface area (Å²) in [5, 5.41) is 3.00. The molecule has 2 rings (SSSR count). The Labute approximate surface area is 130 Å². The molecule has 0 fully saturated rings. The maximum Gasteiger partial charge on any atom is 0.318 e. The maximum atomic E-state index is 12.0. The van der Waals surface area contributed by atoms with E-state index in [0.29, 0.717) is 16.3 Å². The van der Waals surface area contributed by atoms with Crippen LogP contribution in [-0.4, -0.2) is 17.8 Å².